The van der Waals surface area contributed by atoms with E-state index < -0.39 is 0 Å². The summed E-state index contributed by atoms with van der Waals surface area (Å²) in [6.07, 6.45) is 2.16. The zero-order chi connectivity index (χ0) is 11.1. The van der Waals surface area contributed by atoms with Gasteiger partial charge in [0.25, 0.3) is 0 Å². The molecule has 1 aromatic carbocycles. The molecule has 0 aromatic heterocycles. The van der Waals surface area contributed by atoms with Crippen LogP contribution in [-0.2, 0) is 0 Å². The van der Waals surface area contributed by atoms with Gasteiger partial charge in [0.2, 0.25) is 0 Å². The van der Waals surface area contributed by atoms with Crippen molar-refractivity contribution in [3.8, 4) is 0 Å². The monoisotopic (exact) mass is 206 g/mol. The van der Waals surface area contributed by atoms with Crippen molar-refractivity contribution in [2.75, 3.05) is 6.54 Å². The first-order chi connectivity index (χ1) is 7.24. The Kier molecular flexibility index (Phi) is 5.37. The van der Waals surface area contributed by atoms with Crippen LogP contribution in [0.4, 0.5) is 0 Å². The smallest absolute Gasteiger partial charge is 0.0306 e. The molecule has 0 aliphatic rings. The first-order valence-corrected chi connectivity index (χ1v) is 5.78. The molecule has 2 unspecified atom stereocenters. The maximum Gasteiger partial charge on any atom is 0.0306 e. The molecular formula is C13H22N2. The summed E-state index contributed by atoms with van der Waals surface area (Å²) in [7, 11) is 0. The fourth-order valence-electron chi connectivity index (χ4n) is 1.50. The van der Waals surface area contributed by atoms with Crippen LogP contribution in [0.2, 0.25) is 0 Å². The first kappa shape index (κ1) is 12.2. The lowest BCUT2D eigenvalue weighted by Gasteiger charge is -2.15. The van der Waals surface area contributed by atoms with Crippen LogP contribution in [0, 0.1) is 0 Å². The van der Waals surface area contributed by atoms with Gasteiger partial charge in [-0.2, -0.15) is 0 Å². The highest BCUT2D eigenvalue weighted by molar-refractivity contribution is 5.18. The molecule has 2 atom stereocenters. The Hall–Kier alpha value is -0.860. The van der Waals surface area contributed by atoms with Crippen LogP contribution < -0.4 is 11.1 Å². The second-order valence-corrected chi connectivity index (χ2v) is 4.07. The minimum atomic E-state index is 0.155. The molecule has 2 nitrogen and oxygen atoms in total. The molecule has 3 N–H and O–H groups in total. The van der Waals surface area contributed by atoms with Gasteiger partial charge in [-0.25, -0.2) is 0 Å². The maximum absolute atomic E-state index is 6.08. The Morgan fingerprint density at radius 1 is 1.27 bits per heavy atom. The Bertz CT molecular complexity index is 258. The molecule has 0 spiro atoms. The van der Waals surface area contributed by atoms with E-state index in [-0.39, 0.29) is 6.04 Å². The molecule has 0 fully saturated rings. The zero-order valence-corrected chi connectivity index (χ0v) is 9.74. The molecule has 2 heteroatoms. The van der Waals surface area contributed by atoms with Gasteiger partial charge in [0, 0.05) is 12.1 Å². The average molecular weight is 206 g/mol. The van der Waals surface area contributed by atoms with Crippen LogP contribution in [0.1, 0.15) is 38.3 Å². The Labute approximate surface area is 92.9 Å². The van der Waals surface area contributed by atoms with Gasteiger partial charge in [-0.1, -0.05) is 37.3 Å². The zero-order valence-electron chi connectivity index (χ0n) is 9.74. The Morgan fingerprint density at radius 3 is 2.53 bits per heavy atom. The van der Waals surface area contributed by atoms with E-state index in [9.17, 15) is 0 Å². The van der Waals surface area contributed by atoms with Crippen molar-refractivity contribution in [1.82, 2.24) is 5.32 Å². The van der Waals surface area contributed by atoms with Crippen molar-refractivity contribution in [1.29, 1.82) is 0 Å². The highest BCUT2D eigenvalue weighted by atomic mass is 14.9. The fourth-order valence-corrected chi connectivity index (χ4v) is 1.50. The van der Waals surface area contributed by atoms with Crippen LogP contribution in [0.15, 0.2) is 30.3 Å². The quantitative estimate of drug-likeness (QED) is 0.750. The van der Waals surface area contributed by atoms with Gasteiger partial charge in [0.1, 0.15) is 0 Å². The second kappa shape index (κ2) is 6.59. The standard InChI is InChI=1S/C13H22N2/c1-3-11(2)15-10-9-13(14)12-7-5-4-6-8-12/h4-8,11,13,15H,3,9-10,14H2,1-2H3. The summed E-state index contributed by atoms with van der Waals surface area (Å²) in [6.45, 7) is 5.38. The summed E-state index contributed by atoms with van der Waals surface area (Å²) < 4.78 is 0. The molecule has 1 rings (SSSR count). The van der Waals surface area contributed by atoms with Crippen molar-refractivity contribution >= 4 is 0 Å². The number of hydrogen-bond acceptors (Lipinski definition) is 2. The average Bonchev–Trinajstić information content (AvgIpc) is 2.29. The molecule has 0 heterocycles. The maximum atomic E-state index is 6.08. The van der Waals surface area contributed by atoms with Gasteiger partial charge < -0.3 is 11.1 Å². The lowest BCUT2D eigenvalue weighted by molar-refractivity contribution is 0.500. The molecule has 84 valence electrons. The Morgan fingerprint density at radius 2 is 1.93 bits per heavy atom. The molecule has 0 saturated carbocycles. The van der Waals surface area contributed by atoms with E-state index in [0.717, 1.165) is 13.0 Å². The third-order valence-electron chi connectivity index (χ3n) is 2.79. The minimum Gasteiger partial charge on any atom is -0.324 e. The van der Waals surface area contributed by atoms with Crippen molar-refractivity contribution in [3.63, 3.8) is 0 Å². The van der Waals surface area contributed by atoms with Gasteiger partial charge in [-0.15, -0.1) is 0 Å². The second-order valence-electron chi connectivity index (χ2n) is 4.07. The Balaban J connectivity index is 2.28. The molecule has 0 saturated heterocycles. The van der Waals surface area contributed by atoms with E-state index in [2.05, 4.69) is 31.3 Å². The van der Waals surface area contributed by atoms with Gasteiger partial charge >= 0.3 is 0 Å². The minimum absolute atomic E-state index is 0.155. The summed E-state index contributed by atoms with van der Waals surface area (Å²) in [5.74, 6) is 0. The summed E-state index contributed by atoms with van der Waals surface area (Å²) in [6, 6.07) is 11.0. The molecule has 0 aliphatic carbocycles. The summed E-state index contributed by atoms with van der Waals surface area (Å²) in [4.78, 5) is 0. The van der Waals surface area contributed by atoms with E-state index in [4.69, 9.17) is 5.73 Å². The van der Waals surface area contributed by atoms with E-state index in [1.807, 2.05) is 18.2 Å². The fraction of sp³-hybridized carbons (Fsp3) is 0.538. The lowest BCUT2D eigenvalue weighted by atomic mass is 10.0. The van der Waals surface area contributed by atoms with E-state index in [1.54, 1.807) is 0 Å². The molecule has 0 aliphatic heterocycles. The van der Waals surface area contributed by atoms with Crippen LogP contribution in [-0.4, -0.2) is 12.6 Å². The summed E-state index contributed by atoms with van der Waals surface area (Å²) in [5, 5.41) is 3.45. The number of nitrogens with two attached hydrogens (primary N) is 1. The highest BCUT2D eigenvalue weighted by Crippen LogP contribution is 2.12. The van der Waals surface area contributed by atoms with Gasteiger partial charge in [-0.05, 0) is 31.9 Å². The van der Waals surface area contributed by atoms with Crippen LogP contribution in [0.3, 0.4) is 0 Å². The number of rotatable bonds is 6. The van der Waals surface area contributed by atoms with Crippen molar-refractivity contribution in [2.24, 2.45) is 5.73 Å². The third kappa shape index (κ3) is 4.45. The molecule has 15 heavy (non-hydrogen) atoms. The highest BCUT2D eigenvalue weighted by Gasteiger charge is 2.05. The number of hydrogen-bond donors (Lipinski definition) is 2. The molecular weight excluding hydrogens is 184 g/mol. The van der Waals surface area contributed by atoms with E-state index >= 15 is 0 Å². The van der Waals surface area contributed by atoms with Crippen molar-refractivity contribution < 1.29 is 0 Å². The van der Waals surface area contributed by atoms with Crippen molar-refractivity contribution in [2.45, 2.75) is 38.8 Å². The third-order valence-corrected chi connectivity index (χ3v) is 2.79. The SMILES string of the molecule is CCC(C)NCCC(N)c1ccccc1. The van der Waals surface area contributed by atoms with Gasteiger partial charge in [0.15, 0.2) is 0 Å². The molecule has 0 bridgehead atoms. The topological polar surface area (TPSA) is 38.0 Å². The lowest BCUT2D eigenvalue weighted by Crippen LogP contribution is -2.28. The van der Waals surface area contributed by atoms with E-state index in [1.165, 1.54) is 12.0 Å². The van der Waals surface area contributed by atoms with Crippen LogP contribution >= 0.6 is 0 Å². The number of nitrogens with one attached hydrogen (secondary N) is 1. The normalized spacial score (nSPS) is 14.9. The van der Waals surface area contributed by atoms with Gasteiger partial charge in [-0.3, -0.25) is 0 Å². The summed E-state index contributed by atoms with van der Waals surface area (Å²) in [5.41, 5.74) is 7.31. The molecule has 0 amide bonds. The predicted octanol–water partition coefficient (Wildman–Crippen LogP) is 2.46. The van der Waals surface area contributed by atoms with Crippen LogP contribution in [0.5, 0.6) is 0 Å². The largest absolute Gasteiger partial charge is 0.324 e. The first-order valence-electron chi connectivity index (χ1n) is 5.78. The van der Waals surface area contributed by atoms with Gasteiger partial charge in [0.05, 0.1) is 0 Å². The number of benzene rings is 1. The molecule has 1 aromatic rings. The van der Waals surface area contributed by atoms with Crippen molar-refractivity contribution in [3.05, 3.63) is 35.9 Å². The van der Waals surface area contributed by atoms with E-state index in [0.29, 0.717) is 6.04 Å². The molecule has 0 radical (unpaired) electrons. The summed E-state index contributed by atoms with van der Waals surface area (Å²) >= 11 is 0. The predicted molar refractivity (Wildman–Crippen MR) is 65.7 cm³/mol. The van der Waals surface area contributed by atoms with Crippen LogP contribution in [0.25, 0.3) is 0 Å².